The first kappa shape index (κ1) is 90.5. The summed E-state index contributed by atoms with van der Waals surface area (Å²) in [7, 11) is -3.68. The Hall–Kier alpha value is -9.49. The summed E-state index contributed by atoms with van der Waals surface area (Å²) < 4.78 is 23.6. The number of rotatable bonds is 12. The van der Waals surface area contributed by atoms with E-state index in [0.717, 1.165) is 55.7 Å². The Morgan fingerprint density at radius 3 is 0.773 bits per heavy atom. The van der Waals surface area contributed by atoms with Crippen LogP contribution in [-0.4, -0.2) is 16.1 Å². The summed E-state index contributed by atoms with van der Waals surface area (Å²) in [5, 5.41) is 13.1. The van der Waals surface area contributed by atoms with E-state index in [-0.39, 0.29) is 0 Å². The predicted octanol–water partition coefficient (Wildman–Crippen LogP) is 39.4. The van der Waals surface area contributed by atoms with Crippen LogP contribution in [0.5, 0.6) is 0 Å². The van der Waals surface area contributed by atoms with E-state index in [1.54, 1.807) is 0 Å². The van der Waals surface area contributed by atoms with Crippen molar-refractivity contribution in [2.45, 2.75) is 213 Å². The predicted molar refractivity (Wildman–Crippen MR) is 583 cm³/mol. The van der Waals surface area contributed by atoms with Gasteiger partial charge in [-0.05, 0) is 236 Å². The van der Waals surface area contributed by atoms with E-state index in [0.29, 0.717) is 33.2 Å². The topological polar surface area (TPSA) is 26.3 Å². The summed E-state index contributed by atoms with van der Waals surface area (Å²) in [4.78, 5) is 10.9. The van der Waals surface area contributed by atoms with Gasteiger partial charge in [-0.2, -0.15) is 0 Å². The van der Waals surface area contributed by atoms with Gasteiger partial charge in [0.1, 0.15) is 38.8 Å². The molecule has 0 saturated heterocycles. The number of aryl methyl sites for hydroxylation is 14. The second-order valence-corrected chi connectivity index (χ2v) is 58.7. The highest BCUT2D eigenvalue weighted by atomic mass is 32.1. The van der Waals surface area contributed by atoms with Gasteiger partial charge in [0.2, 0.25) is 0 Å². The van der Waals surface area contributed by atoms with E-state index < -0.39 is 16.1 Å². The first-order valence-corrected chi connectivity index (χ1v) is 56.3. The molecule has 20 rings (SSSR count). The second-order valence-electron chi connectivity index (χ2n) is 37.9. The fourth-order valence-electron chi connectivity index (χ4n) is 20.6. The summed E-state index contributed by atoms with van der Waals surface area (Å²) in [6, 6.07) is 72.3. The average molecular weight is 1850 g/mol. The van der Waals surface area contributed by atoms with Crippen molar-refractivity contribution in [3.63, 3.8) is 0 Å². The van der Waals surface area contributed by atoms with Crippen LogP contribution in [0.25, 0.3) is 168 Å². The summed E-state index contributed by atoms with van der Waals surface area (Å²) >= 11 is 15.4. The molecule has 10 aromatic heterocycles. The van der Waals surface area contributed by atoms with E-state index in [9.17, 15) is 0 Å². The molecule has 10 heterocycles. The van der Waals surface area contributed by atoms with E-state index in [2.05, 4.69) is 383 Å². The number of hydrogen-bond donors (Lipinski definition) is 0. The van der Waals surface area contributed by atoms with E-state index in [1.165, 1.54) is 198 Å². The molecule has 0 fully saturated rings. The quantitative estimate of drug-likeness (QED) is 0.0900. The third-order valence-electron chi connectivity index (χ3n) is 26.6. The van der Waals surface area contributed by atoms with Gasteiger partial charge in [0.05, 0.1) is 20.5 Å². The molecule has 0 saturated carbocycles. The number of fused-ring (bicyclic) bond motifs is 10. The molecule has 0 aliphatic heterocycles. The van der Waals surface area contributed by atoms with Crippen molar-refractivity contribution in [3.8, 4) is 88.3 Å². The monoisotopic (exact) mass is 1850 g/mol. The molecule has 12 heteroatoms. The van der Waals surface area contributed by atoms with Crippen molar-refractivity contribution in [2.24, 2.45) is 0 Å². The van der Waals surface area contributed by atoms with E-state index in [4.69, 9.17) is 8.83 Å². The van der Waals surface area contributed by atoms with Crippen molar-refractivity contribution < 1.29 is 8.83 Å². The van der Waals surface area contributed by atoms with Crippen molar-refractivity contribution >= 4 is 209 Å². The molecule has 0 unspecified atom stereocenters. The lowest BCUT2D eigenvalue weighted by molar-refractivity contribution is 0.576. The molecule has 0 N–H and O–H groups in total. The van der Waals surface area contributed by atoms with Gasteiger partial charge in [0.15, 0.2) is 0 Å². The smallest absolute Gasteiger partial charge is 0.146 e. The van der Waals surface area contributed by atoms with Crippen molar-refractivity contribution in [1.29, 1.82) is 0 Å². The number of benzene rings is 10. The van der Waals surface area contributed by atoms with Gasteiger partial charge in [0, 0.05) is 144 Å². The lowest BCUT2D eigenvalue weighted by Gasteiger charge is -2.38. The van der Waals surface area contributed by atoms with Gasteiger partial charge in [0.25, 0.3) is 0 Å². The maximum Gasteiger partial charge on any atom is 0.146 e. The molecule has 0 spiro atoms. The molecule has 128 heavy (non-hydrogen) atoms. The Bertz CT molecular complexity index is 6870. The van der Waals surface area contributed by atoms with Crippen LogP contribution >= 0.6 is 90.7 Å². The maximum atomic E-state index is 6.25. The molecule has 0 radical (unpaired) electrons. The summed E-state index contributed by atoms with van der Waals surface area (Å²) in [6.45, 7) is 59.2. The molecule has 0 amide bonds. The number of furan rings is 2. The van der Waals surface area contributed by atoms with Crippen molar-refractivity contribution in [2.75, 3.05) is 0 Å². The van der Waals surface area contributed by atoms with Gasteiger partial charge >= 0.3 is 0 Å². The first-order valence-electron chi connectivity index (χ1n) is 45.3. The third kappa shape index (κ3) is 16.8. The highest BCUT2D eigenvalue weighted by Gasteiger charge is 2.43. The molecule has 20 aromatic rings. The minimum Gasteiger partial charge on any atom is -0.461 e. The Morgan fingerprint density at radius 2 is 0.484 bits per heavy atom. The Morgan fingerprint density at radius 1 is 0.234 bits per heavy atom. The summed E-state index contributed by atoms with van der Waals surface area (Å²) in [5.41, 5.74) is 36.7. The minimum absolute atomic E-state index is 0.626. The highest BCUT2D eigenvalue weighted by molar-refractivity contribution is 7.26. The van der Waals surface area contributed by atoms with Gasteiger partial charge in [-0.15, -0.1) is 102 Å². The lowest BCUT2D eigenvalue weighted by Crippen LogP contribution is -2.43. The van der Waals surface area contributed by atoms with Crippen LogP contribution < -0.4 is 0 Å². The minimum atomic E-state index is -1.84. The summed E-state index contributed by atoms with van der Waals surface area (Å²) in [6.07, 6.45) is 0. The molecular formula is C116H116O2S8Si2. The molecule has 0 bridgehead atoms. The second kappa shape index (κ2) is 36.0. The molecule has 648 valence electrons. The van der Waals surface area contributed by atoms with E-state index >= 15 is 0 Å². The van der Waals surface area contributed by atoms with Crippen LogP contribution in [0.15, 0.2) is 203 Å². The maximum absolute atomic E-state index is 6.25. The zero-order chi connectivity index (χ0) is 90.7. The van der Waals surface area contributed by atoms with Crippen molar-refractivity contribution in [3.05, 3.63) is 279 Å². The van der Waals surface area contributed by atoms with E-state index in [1.807, 2.05) is 105 Å². The van der Waals surface area contributed by atoms with Gasteiger partial charge in [-0.1, -0.05) is 250 Å². The Kier molecular flexibility index (Phi) is 25.4. The van der Waals surface area contributed by atoms with Crippen LogP contribution in [0.2, 0.25) is 33.2 Å². The Balaban J connectivity index is 0.000000121. The fraction of sp³-hybridized carbons (Fsp3) is 0.276. The largest absolute Gasteiger partial charge is 0.461 e. The van der Waals surface area contributed by atoms with Gasteiger partial charge in [-0.3, -0.25) is 0 Å². The van der Waals surface area contributed by atoms with Crippen LogP contribution in [0.1, 0.15) is 168 Å². The lowest BCUT2D eigenvalue weighted by atomic mass is 9.92. The van der Waals surface area contributed by atoms with Crippen LogP contribution in [0.4, 0.5) is 0 Å². The molecule has 0 aliphatic carbocycles. The highest BCUT2D eigenvalue weighted by Crippen LogP contribution is 2.56. The average Bonchev–Trinajstić information content (AvgIpc) is 1.58. The fourth-order valence-corrected chi connectivity index (χ4v) is 39.8. The first-order chi connectivity index (χ1) is 61.1. The number of thiophene rings is 8. The zero-order valence-electron chi connectivity index (χ0n) is 79.0. The van der Waals surface area contributed by atoms with Gasteiger partial charge < -0.3 is 8.83 Å². The zero-order valence-corrected chi connectivity index (χ0v) is 87.6. The molecule has 2 nitrogen and oxygen atoms in total. The summed E-state index contributed by atoms with van der Waals surface area (Å²) in [5.74, 6) is 9.58. The molecular weight excluding hydrogens is 1740 g/mol. The van der Waals surface area contributed by atoms with Crippen molar-refractivity contribution in [1.82, 2.24) is 0 Å². The molecule has 0 atom stereocenters. The van der Waals surface area contributed by atoms with Crippen LogP contribution in [0, 0.1) is 120 Å². The SMILES string of the molecule is Cc1cc2c(C#C[Si](C(C)C)(C(C)C)C(C)C)c3sc(C)cc3c(C#C[Si](C(C)C)(C(C)C)C(C)C)c2s1.Cc1ccc(-c2c3cc(C)oc3c(-c3ccc(C)cc3)c3cc(C)oc23)cc1.Cc1ccc(-c2c3cc(C)sc3c(-c3ccc(C)cc3)c3cc(C)sc23)cc1.Cc1ccc2sc(-c3c4cc(C)sc4c(-c4cc5cc(C)ccc5s4)c4cc(C)sc34)cc2c1. The van der Waals surface area contributed by atoms with Gasteiger partial charge in [-0.25, -0.2) is 0 Å². The molecule has 10 aromatic carbocycles. The van der Waals surface area contributed by atoms with Crippen LogP contribution in [0.3, 0.4) is 0 Å². The standard InChI is InChI=1S/C34H50S2Si2.C30H22S4.C26H22O2.C26H22S2/c1-21(2)37(22(3)4,23(5)6)17-15-29-31-19-27(13)36-34(31)30(32-20-28(14)35-33(29)32)16-18-38(24(7)8,25(9)10)26(11)12;1-15-5-7-23-19(9-15)13-25(33-23)27-21-11-17(3)32-30(21)28(22-12-18(4)31-29(22)27)26-14-20-10-16(2)6-8-24(20)34-26;2*1-15-5-9-19(10-6-15)23-21-13-17(3)28-26(21)24(20-11-7-16(2)8-12-20)22-14-18(4)27-25(22)23/h19-26H,1-14H3;5-14H,1-4H3;2*5-14H,1-4H3. The molecule has 0 aliphatic rings. The number of hydrogen-bond acceptors (Lipinski definition) is 10. The normalized spacial score (nSPS) is 12.1. The third-order valence-corrected chi connectivity index (χ3v) is 47.8. The van der Waals surface area contributed by atoms with Crippen LogP contribution in [-0.2, 0) is 0 Å². The Labute approximate surface area is 791 Å².